The van der Waals surface area contributed by atoms with Gasteiger partial charge in [-0.2, -0.15) is 4.98 Å². The molecule has 0 aliphatic carbocycles. The first-order chi connectivity index (χ1) is 6.06. The van der Waals surface area contributed by atoms with Crippen LogP contribution in [0.3, 0.4) is 0 Å². The van der Waals surface area contributed by atoms with Gasteiger partial charge in [0.15, 0.2) is 10.9 Å². The number of methoxy groups -OCH3 is 1. The van der Waals surface area contributed by atoms with Crippen LogP contribution in [0, 0.1) is 0 Å². The summed E-state index contributed by atoms with van der Waals surface area (Å²) in [6, 6.07) is 0.936. The van der Waals surface area contributed by atoms with Crippen molar-refractivity contribution in [2.75, 3.05) is 7.11 Å². The van der Waals surface area contributed by atoms with Crippen LogP contribution in [0.1, 0.15) is 12.0 Å². The summed E-state index contributed by atoms with van der Waals surface area (Å²) in [6.45, 7) is 0. The molecule has 72 valence electrons. The maximum absolute atomic E-state index is 12.2. The third-order valence-corrected chi connectivity index (χ3v) is 1.66. The van der Waals surface area contributed by atoms with Crippen molar-refractivity contribution in [1.82, 2.24) is 4.98 Å². The molecule has 0 aliphatic heterocycles. The van der Waals surface area contributed by atoms with Crippen LogP contribution >= 0.6 is 11.6 Å². The van der Waals surface area contributed by atoms with Crippen molar-refractivity contribution < 1.29 is 18.6 Å². The van der Waals surface area contributed by atoms with Gasteiger partial charge in [0, 0.05) is 6.07 Å². The summed E-state index contributed by atoms with van der Waals surface area (Å²) in [5.74, 6) is -0.768. The number of hydrogen-bond donors (Lipinski definition) is 1. The molecule has 0 aliphatic rings. The van der Waals surface area contributed by atoms with Gasteiger partial charge in [-0.3, -0.25) is 0 Å². The summed E-state index contributed by atoms with van der Waals surface area (Å²) in [4.78, 5) is 3.49. The second-order valence-corrected chi connectivity index (χ2v) is 2.55. The lowest BCUT2D eigenvalue weighted by Crippen LogP contribution is -1.93. The summed E-state index contributed by atoms with van der Waals surface area (Å²) in [5.41, 5.74) is -0.586. The van der Waals surface area contributed by atoms with Gasteiger partial charge in [-0.1, -0.05) is 11.6 Å². The molecule has 0 fully saturated rings. The van der Waals surface area contributed by atoms with Gasteiger partial charge in [0.2, 0.25) is 5.88 Å². The van der Waals surface area contributed by atoms with Gasteiger partial charge >= 0.3 is 0 Å². The molecule has 0 spiro atoms. The Hall–Kier alpha value is -1.10. The maximum Gasteiger partial charge on any atom is 0.267 e. The molecule has 1 rings (SSSR count). The molecule has 3 nitrogen and oxygen atoms in total. The van der Waals surface area contributed by atoms with Crippen LogP contribution < -0.4 is 4.74 Å². The van der Waals surface area contributed by atoms with E-state index in [1.807, 2.05) is 0 Å². The first kappa shape index (κ1) is 9.98. The molecular formula is C7H6ClF2NO2. The average molecular weight is 210 g/mol. The molecular weight excluding hydrogens is 204 g/mol. The van der Waals surface area contributed by atoms with Crippen molar-refractivity contribution in [3.63, 3.8) is 0 Å². The van der Waals surface area contributed by atoms with Crippen molar-refractivity contribution in [3.05, 3.63) is 16.8 Å². The second kappa shape index (κ2) is 3.74. The highest BCUT2D eigenvalue weighted by molar-refractivity contribution is 6.30. The van der Waals surface area contributed by atoms with Crippen LogP contribution in [0.5, 0.6) is 11.6 Å². The number of aromatic hydroxyl groups is 1. The van der Waals surface area contributed by atoms with E-state index in [-0.39, 0.29) is 5.88 Å². The Bertz CT molecular complexity index is 320. The number of ether oxygens (including phenoxy) is 1. The van der Waals surface area contributed by atoms with E-state index < -0.39 is 22.9 Å². The van der Waals surface area contributed by atoms with Crippen molar-refractivity contribution in [1.29, 1.82) is 0 Å². The van der Waals surface area contributed by atoms with E-state index in [0.717, 1.165) is 6.07 Å². The molecule has 0 radical (unpaired) electrons. The van der Waals surface area contributed by atoms with Gasteiger partial charge in [0.1, 0.15) is 0 Å². The van der Waals surface area contributed by atoms with E-state index in [9.17, 15) is 8.78 Å². The van der Waals surface area contributed by atoms with Gasteiger partial charge in [0.05, 0.1) is 12.7 Å². The Balaban J connectivity index is 3.25. The van der Waals surface area contributed by atoms with Crippen molar-refractivity contribution in [3.8, 4) is 11.6 Å². The lowest BCUT2D eigenvalue weighted by molar-refractivity contribution is 0.146. The standard InChI is InChI=1S/C7H6ClF2NO2/c1-13-4-2-3(7(9)10)5(12)6(8)11-4/h2,7,12H,1H3. The highest BCUT2D eigenvalue weighted by Gasteiger charge is 2.18. The van der Waals surface area contributed by atoms with Crippen molar-refractivity contribution in [2.45, 2.75) is 6.43 Å². The van der Waals surface area contributed by atoms with Crippen LogP contribution in [0.2, 0.25) is 5.15 Å². The normalized spacial score (nSPS) is 10.5. The molecule has 13 heavy (non-hydrogen) atoms. The second-order valence-electron chi connectivity index (χ2n) is 2.19. The van der Waals surface area contributed by atoms with Gasteiger partial charge in [-0.25, -0.2) is 8.78 Å². The molecule has 1 N–H and O–H groups in total. The lowest BCUT2D eigenvalue weighted by Gasteiger charge is -2.06. The van der Waals surface area contributed by atoms with Gasteiger partial charge in [-0.15, -0.1) is 0 Å². The quantitative estimate of drug-likeness (QED) is 0.761. The Morgan fingerprint density at radius 2 is 2.23 bits per heavy atom. The number of aromatic nitrogens is 1. The largest absolute Gasteiger partial charge is 0.504 e. The minimum atomic E-state index is -2.81. The fraction of sp³-hybridized carbons (Fsp3) is 0.286. The number of pyridine rings is 1. The first-order valence-electron chi connectivity index (χ1n) is 3.27. The van der Waals surface area contributed by atoms with E-state index in [4.69, 9.17) is 16.7 Å². The summed E-state index contributed by atoms with van der Waals surface area (Å²) < 4.78 is 29.0. The minimum absolute atomic E-state index is 0.0573. The van der Waals surface area contributed by atoms with Gasteiger partial charge in [0.25, 0.3) is 6.43 Å². The molecule has 1 aromatic heterocycles. The van der Waals surface area contributed by atoms with E-state index in [1.165, 1.54) is 7.11 Å². The SMILES string of the molecule is COc1cc(C(F)F)c(O)c(Cl)n1. The Labute approximate surface area is 77.9 Å². The molecule has 0 aromatic carbocycles. The summed E-state index contributed by atoms with van der Waals surface area (Å²) >= 11 is 5.37. The molecule has 0 atom stereocenters. The predicted octanol–water partition coefficient (Wildman–Crippen LogP) is 2.39. The summed E-state index contributed by atoms with van der Waals surface area (Å²) in [6.07, 6.45) is -2.81. The van der Waals surface area contributed by atoms with Crippen LogP contribution in [-0.2, 0) is 0 Å². The molecule has 6 heteroatoms. The lowest BCUT2D eigenvalue weighted by atomic mass is 10.2. The van der Waals surface area contributed by atoms with Crippen molar-refractivity contribution in [2.24, 2.45) is 0 Å². The highest BCUT2D eigenvalue weighted by Crippen LogP contribution is 2.35. The first-order valence-corrected chi connectivity index (χ1v) is 3.65. The third-order valence-electron chi connectivity index (χ3n) is 1.40. The Kier molecular flexibility index (Phi) is 2.87. The monoisotopic (exact) mass is 209 g/mol. The molecule has 1 aromatic rings. The van der Waals surface area contributed by atoms with Crippen LogP contribution in [0.25, 0.3) is 0 Å². The molecule has 0 saturated heterocycles. The zero-order valence-electron chi connectivity index (χ0n) is 6.59. The molecule has 0 amide bonds. The molecule has 0 unspecified atom stereocenters. The zero-order valence-corrected chi connectivity index (χ0v) is 7.35. The average Bonchev–Trinajstić information content (AvgIpc) is 2.09. The van der Waals surface area contributed by atoms with E-state index >= 15 is 0 Å². The van der Waals surface area contributed by atoms with E-state index in [2.05, 4.69) is 9.72 Å². The fourth-order valence-electron chi connectivity index (χ4n) is 0.773. The minimum Gasteiger partial charge on any atom is -0.504 e. The van der Waals surface area contributed by atoms with Gasteiger partial charge < -0.3 is 9.84 Å². The van der Waals surface area contributed by atoms with Crippen LogP contribution in [-0.4, -0.2) is 17.2 Å². The highest BCUT2D eigenvalue weighted by atomic mass is 35.5. The summed E-state index contributed by atoms with van der Waals surface area (Å²) in [5, 5.41) is 8.66. The smallest absolute Gasteiger partial charge is 0.267 e. The topological polar surface area (TPSA) is 42.4 Å². The number of alkyl halides is 2. The maximum atomic E-state index is 12.2. The molecule has 0 bridgehead atoms. The fourth-order valence-corrected chi connectivity index (χ4v) is 0.966. The van der Waals surface area contributed by atoms with Crippen molar-refractivity contribution >= 4 is 11.6 Å². The third kappa shape index (κ3) is 1.98. The van der Waals surface area contributed by atoms with Crippen LogP contribution in [0.4, 0.5) is 8.78 Å². The van der Waals surface area contributed by atoms with Gasteiger partial charge in [-0.05, 0) is 0 Å². The number of halogens is 3. The zero-order chi connectivity index (χ0) is 10.0. The van der Waals surface area contributed by atoms with Crippen LogP contribution in [0.15, 0.2) is 6.07 Å². The summed E-state index contributed by atoms with van der Waals surface area (Å²) in [7, 11) is 1.27. The number of rotatable bonds is 2. The Morgan fingerprint density at radius 3 is 2.69 bits per heavy atom. The number of hydrogen-bond acceptors (Lipinski definition) is 3. The van der Waals surface area contributed by atoms with E-state index in [0.29, 0.717) is 0 Å². The Morgan fingerprint density at radius 1 is 1.62 bits per heavy atom. The number of nitrogens with zero attached hydrogens (tertiary/aromatic N) is 1. The van der Waals surface area contributed by atoms with E-state index in [1.54, 1.807) is 0 Å². The molecule has 1 heterocycles. The molecule has 0 saturated carbocycles. The predicted molar refractivity (Wildman–Crippen MR) is 42.4 cm³/mol.